The third-order valence-corrected chi connectivity index (χ3v) is 5.58. The molecule has 1 radical (unpaired) electrons. The molecule has 2 aromatic carbocycles. The van der Waals surface area contributed by atoms with Crippen LogP contribution in [0.2, 0.25) is 0 Å². The zero-order valence-corrected chi connectivity index (χ0v) is 18.3. The molecular weight excluding hydrogens is 439 g/mol. The van der Waals surface area contributed by atoms with Crippen LogP contribution in [-0.2, 0) is 16.8 Å². The maximum atomic E-state index is 12.5. The van der Waals surface area contributed by atoms with Crippen LogP contribution in [0.5, 0.6) is 0 Å². The molecule has 1 heterocycles. The maximum Gasteiger partial charge on any atom is 0.232 e. The van der Waals surface area contributed by atoms with E-state index in [1.807, 2.05) is 48.5 Å². The van der Waals surface area contributed by atoms with Crippen LogP contribution in [0.1, 0.15) is 44.4 Å². The van der Waals surface area contributed by atoms with E-state index in [0.717, 1.165) is 11.3 Å². The van der Waals surface area contributed by atoms with Crippen molar-refractivity contribution in [2.75, 3.05) is 6.54 Å². The molecule has 159 valence electrons. The first-order valence-corrected chi connectivity index (χ1v) is 10.3. The molecule has 0 aliphatic carbocycles. The summed E-state index contributed by atoms with van der Waals surface area (Å²) in [6.45, 7) is 2.31. The van der Waals surface area contributed by atoms with Gasteiger partial charge in [0.2, 0.25) is 5.91 Å². The molecule has 1 amide bonds. The van der Waals surface area contributed by atoms with Crippen molar-refractivity contribution in [2.45, 2.75) is 18.8 Å². The summed E-state index contributed by atoms with van der Waals surface area (Å²) in [5.41, 5.74) is 13.0. The van der Waals surface area contributed by atoms with Crippen LogP contribution in [0.3, 0.4) is 0 Å². The number of guanidine groups is 1. The minimum Gasteiger partial charge on any atom is -0.501 e. The molecular formula is C23H25CoN4OS-. The van der Waals surface area contributed by atoms with Crippen LogP contribution >= 0.6 is 11.3 Å². The van der Waals surface area contributed by atoms with E-state index in [9.17, 15) is 4.79 Å². The minimum atomic E-state index is -0.0945. The third kappa shape index (κ3) is 6.72. The van der Waals surface area contributed by atoms with E-state index in [0.29, 0.717) is 17.8 Å². The first-order chi connectivity index (χ1) is 14.1. The molecule has 0 spiro atoms. The van der Waals surface area contributed by atoms with Gasteiger partial charge in [-0.15, -0.1) is 11.3 Å². The normalized spacial score (nSPS) is 10.3. The number of unbranched alkanes of at least 4 members (excludes halogenated alkanes) is 1. The van der Waals surface area contributed by atoms with Crippen molar-refractivity contribution in [2.24, 2.45) is 16.5 Å². The van der Waals surface area contributed by atoms with Gasteiger partial charge in [0.05, 0.1) is 4.88 Å². The first-order valence-electron chi connectivity index (χ1n) is 9.52. The fourth-order valence-electron chi connectivity index (χ4n) is 3.08. The van der Waals surface area contributed by atoms with Gasteiger partial charge in [-0.2, -0.15) is 6.42 Å². The number of carbonyl (C=O) groups is 1. The number of benzene rings is 2. The number of nitrogens with two attached hydrogens (primary N) is 2. The van der Waals surface area contributed by atoms with Gasteiger partial charge in [0.1, 0.15) is 0 Å². The van der Waals surface area contributed by atoms with Crippen molar-refractivity contribution in [1.29, 1.82) is 0 Å². The number of hydrogen-bond acceptors (Lipinski definition) is 3. The van der Waals surface area contributed by atoms with Crippen LogP contribution < -0.4 is 16.8 Å². The van der Waals surface area contributed by atoms with Crippen LogP contribution in [-0.4, -0.2) is 18.4 Å². The Hall–Kier alpha value is -2.61. The Balaban J connectivity index is 0.00000320. The van der Waals surface area contributed by atoms with E-state index >= 15 is 0 Å². The van der Waals surface area contributed by atoms with Gasteiger partial charge < -0.3 is 16.8 Å². The Bertz CT molecular complexity index is 901. The second-order valence-corrected chi connectivity index (χ2v) is 7.70. The summed E-state index contributed by atoms with van der Waals surface area (Å²) in [7, 11) is 0. The fraction of sp³-hybridized carbons (Fsp3) is 0.174. The monoisotopic (exact) mass is 464 g/mol. The van der Waals surface area contributed by atoms with E-state index in [2.05, 4.69) is 34.6 Å². The van der Waals surface area contributed by atoms with Gasteiger partial charge in [-0.25, -0.2) is 6.54 Å². The summed E-state index contributed by atoms with van der Waals surface area (Å²) in [4.78, 5) is 18.2. The average Bonchev–Trinajstić information content (AvgIpc) is 3.22. The van der Waals surface area contributed by atoms with Gasteiger partial charge >= 0.3 is 0 Å². The van der Waals surface area contributed by atoms with Gasteiger partial charge in [0.15, 0.2) is 5.96 Å². The molecule has 1 aromatic heterocycles. The van der Waals surface area contributed by atoms with Crippen molar-refractivity contribution < 1.29 is 21.6 Å². The van der Waals surface area contributed by atoms with E-state index in [-0.39, 0.29) is 34.6 Å². The standard InChI is InChI=1S/C23H25N4OS.Co/c24-23(25)27-16-8-7-15-26-22(28)20-14-13-19(29-20)21(17-9-3-1-4-10-17)18-11-5-2-6-12-18;/h1-6,9-15,21H,7-8,16H2,(H,26,28)(H4,24,25,27);/q-1;. The smallest absolute Gasteiger partial charge is 0.232 e. The number of nitrogens with one attached hydrogen (secondary N) is 1. The number of hydrogen-bond donors (Lipinski definition) is 3. The molecule has 0 bridgehead atoms. The third-order valence-electron chi connectivity index (χ3n) is 4.44. The van der Waals surface area contributed by atoms with Crippen LogP contribution in [0, 0.1) is 6.54 Å². The van der Waals surface area contributed by atoms with E-state index < -0.39 is 0 Å². The van der Waals surface area contributed by atoms with E-state index in [4.69, 9.17) is 11.5 Å². The number of rotatable bonds is 9. The average molecular weight is 464 g/mol. The molecule has 0 aliphatic rings. The first kappa shape index (κ1) is 23.7. The number of amides is 1. The molecule has 0 aliphatic heterocycles. The van der Waals surface area contributed by atoms with Crippen molar-refractivity contribution in [3.63, 3.8) is 0 Å². The molecule has 3 rings (SSSR count). The van der Waals surface area contributed by atoms with Gasteiger partial charge in [0, 0.05) is 34.1 Å². The molecule has 0 fully saturated rings. The molecule has 7 heteroatoms. The maximum absolute atomic E-state index is 12.5. The second-order valence-electron chi connectivity index (χ2n) is 6.58. The number of nitrogens with zero attached hydrogens (tertiary/aromatic N) is 1. The minimum absolute atomic E-state index is 0. The van der Waals surface area contributed by atoms with Crippen molar-refractivity contribution in [1.82, 2.24) is 5.32 Å². The van der Waals surface area contributed by atoms with Gasteiger partial charge in [-0.1, -0.05) is 67.1 Å². The van der Waals surface area contributed by atoms with Gasteiger partial charge in [0.25, 0.3) is 0 Å². The number of aliphatic imine (C=N–C) groups is 1. The Morgan fingerprint density at radius 1 is 0.967 bits per heavy atom. The molecule has 3 aromatic rings. The Labute approximate surface area is 191 Å². The van der Waals surface area contributed by atoms with E-state index in [1.165, 1.54) is 22.5 Å². The largest absolute Gasteiger partial charge is 0.501 e. The second kappa shape index (κ2) is 12.2. The van der Waals surface area contributed by atoms with Crippen molar-refractivity contribution in [3.8, 4) is 0 Å². The van der Waals surface area contributed by atoms with Crippen molar-refractivity contribution >= 4 is 23.2 Å². The summed E-state index contributed by atoms with van der Waals surface area (Å²) in [5.74, 6) is 0.0991. The zero-order chi connectivity index (χ0) is 20.5. The van der Waals surface area contributed by atoms with Crippen molar-refractivity contribution in [3.05, 3.63) is 100 Å². The predicted octanol–water partition coefficient (Wildman–Crippen LogP) is 3.87. The summed E-state index contributed by atoms with van der Waals surface area (Å²) in [6.07, 6.45) is 1.48. The molecule has 5 nitrogen and oxygen atoms in total. The molecule has 0 atom stereocenters. The van der Waals surface area contributed by atoms with E-state index in [1.54, 1.807) is 6.54 Å². The predicted molar refractivity (Wildman–Crippen MR) is 120 cm³/mol. The van der Waals surface area contributed by atoms with Gasteiger partial charge in [-0.3, -0.25) is 9.79 Å². The molecule has 5 N–H and O–H groups in total. The topological polar surface area (TPSA) is 93.5 Å². The number of thiophene rings is 1. The Morgan fingerprint density at radius 2 is 1.57 bits per heavy atom. The fourth-order valence-corrected chi connectivity index (χ4v) is 4.15. The summed E-state index contributed by atoms with van der Waals surface area (Å²) in [6, 6.07) is 24.7. The van der Waals surface area contributed by atoms with Crippen LogP contribution in [0.4, 0.5) is 0 Å². The molecule has 30 heavy (non-hydrogen) atoms. The summed E-state index contributed by atoms with van der Waals surface area (Å²) in [5, 5.41) is 2.85. The van der Waals surface area contributed by atoms with Crippen LogP contribution in [0.15, 0.2) is 77.8 Å². The van der Waals surface area contributed by atoms with Crippen LogP contribution in [0.25, 0.3) is 0 Å². The van der Waals surface area contributed by atoms with Gasteiger partial charge in [-0.05, 0) is 23.3 Å². The Kier molecular flexibility index (Phi) is 9.60. The Morgan fingerprint density at radius 3 is 2.13 bits per heavy atom. The quantitative estimate of drug-likeness (QED) is 0.194. The molecule has 0 unspecified atom stereocenters. The summed E-state index contributed by atoms with van der Waals surface area (Å²) < 4.78 is 0. The summed E-state index contributed by atoms with van der Waals surface area (Å²) >= 11 is 1.52. The molecule has 0 saturated carbocycles. The SMILES string of the molecule is NC(N)=NCCC[CH-]NC(=O)c1ccc(C(c2ccccc2)c2ccccc2)s1.[Co]. The number of carbonyl (C=O) groups excluding carboxylic acids is 1. The molecule has 0 saturated heterocycles. The zero-order valence-electron chi connectivity index (χ0n) is 16.5.